The molecule has 1 aromatic carbocycles. The lowest BCUT2D eigenvalue weighted by molar-refractivity contribution is -0.155. The number of carbonyl (C=O) groups excluding carboxylic acids is 3. The number of rotatable bonds is 11. The third-order valence-electron chi connectivity index (χ3n) is 3.89. The molecule has 0 saturated carbocycles. The van der Waals surface area contributed by atoms with Gasteiger partial charge in [0.2, 0.25) is 12.3 Å². The van der Waals surface area contributed by atoms with Crippen LogP contribution in [0.1, 0.15) is 31.7 Å². The topological polar surface area (TPSA) is 95.9 Å². The molecule has 2 amide bonds. The van der Waals surface area contributed by atoms with E-state index in [-0.39, 0.29) is 18.9 Å². The van der Waals surface area contributed by atoms with Crippen LogP contribution in [0.25, 0.3) is 0 Å². The minimum Gasteiger partial charge on any atom is -0.467 e. The van der Waals surface area contributed by atoms with Crippen LogP contribution >= 0.6 is 0 Å². The highest BCUT2D eigenvalue weighted by Crippen LogP contribution is 2.12. The van der Waals surface area contributed by atoms with Crippen LogP contribution in [0.5, 0.6) is 0 Å². The van der Waals surface area contributed by atoms with Gasteiger partial charge in [-0.3, -0.25) is 14.8 Å². The van der Waals surface area contributed by atoms with E-state index >= 15 is 0 Å². The Morgan fingerprint density at radius 1 is 1.32 bits per heavy atom. The number of amides is 2. The summed E-state index contributed by atoms with van der Waals surface area (Å²) in [6, 6.07) is 8.46. The van der Waals surface area contributed by atoms with E-state index in [1.165, 1.54) is 7.11 Å². The van der Waals surface area contributed by atoms with Gasteiger partial charge in [0.05, 0.1) is 19.6 Å². The summed E-state index contributed by atoms with van der Waals surface area (Å²) in [7, 11) is 1.27. The Balaban J connectivity index is 2.81. The van der Waals surface area contributed by atoms with Gasteiger partial charge < -0.3 is 10.1 Å². The Kier molecular flexibility index (Phi) is 9.24. The Bertz CT molecular complexity index is 550. The molecule has 0 radical (unpaired) electrons. The molecular formula is C18H26N2O5. The minimum absolute atomic E-state index is 0.117. The standard InChI is InChI=1S/C18H26N2O5/c1-3-4-10-15(12-20(24)13-21)17(22)19-16(18(23)25-2)11-14-8-6-5-7-9-14/h5-9,13,15-16,24H,3-4,10-12H2,1-2H3,(H,19,22). The van der Waals surface area contributed by atoms with Gasteiger partial charge >= 0.3 is 5.97 Å². The van der Waals surface area contributed by atoms with Crippen LogP contribution in [-0.2, 0) is 25.5 Å². The Morgan fingerprint density at radius 3 is 2.56 bits per heavy atom. The highest BCUT2D eigenvalue weighted by molar-refractivity contribution is 5.86. The van der Waals surface area contributed by atoms with Gasteiger partial charge in [0.15, 0.2) is 0 Å². The normalized spacial score (nSPS) is 12.8. The van der Waals surface area contributed by atoms with Crippen molar-refractivity contribution in [2.75, 3.05) is 13.7 Å². The fourth-order valence-electron chi connectivity index (χ4n) is 2.50. The van der Waals surface area contributed by atoms with Crippen molar-refractivity contribution in [2.24, 2.45) is 5.92 Å². The number of hydrogen-bond donors (Lipinski definition) is 2. The van der Waals surface area contributed by atoms with Crippen molar-refractivity contribution in [3.8, 4) is 0 Å². The molecule has 2 N–H and O–H groups in total. The number of nitrogens with one attached hydrogen (secondary N) is 1. The molecule has 7 heteroatoms. The van der Waals surface area contributed by atoms with E-state index in [0.717, 1.165) is 18.4 Å². The maximum atomic E-state index is 12.5. The van der Waals surface area contributed by atoms with E-state index in [1.54, 1.807) is 0 Å². The van der Waals surface area contributed by atoms with Crippen LogP contribution in [0.3, 0.4) is 0 Å². The zero-order valence-electron chi connectivity index (χ0n) is 14.7. The number of hydroxylamine groups is 2. The molecule has 0 bridgehead atoms. The van der Waals surface area contributed by atoms with Crippen LogP contribution in [0.2, 0.25) is 0 Å². The molecule has 1 rings (SSSR count). The van der Waals surface area contributed by atoms with E-state index in [4.69, 9.17) is 4.74 Å². The maximum Gasteiger partial charge on any atom is 0.328 e. The first kappa shape index (κ1) is 20.6. The summed E-state index contributed by atoms with van der Waals surface area (Å²) in [5, 5.41) is 12.5. The molecule has 25 heavy (non-hydrogen) atoms. The average Bonchev–Trinajstić information content (AvgIpc) is 2.64. The van der Waals surface area contributed by atoms with E-state index in [2.05, 4.69) is 5.32 Å². The second-order valence-electron chi connectivity index (χ2n) is 5.84. The summed E-state index contributed by atoms with van der Waals surface area (Å²) in [4.78, 5) is 35.2. The third-order valence-corrected chi connectivity index (χ3v) is 3.89. The Morgan fingerprint density at radius 2 is 2.00 bits per heavy atom. The lowest BCUT2D eigenvalue weighted by Gasteiger charge is -2.23. The van der Waals surface area contributed by atoms with Gasteiger partial charge in [-0.05, 0) is 12.0 Å². The van der Waals surface area contributed by atoms with Crippen LogP contribution < -0.4 is 5.32 Å². The molecule has 0 fully saturated rings. The molecule has 0 aromatic heterocycles. The molecule has 0 saturated heterocycles. The van der Waals surface area contributed by atoms with Crippen molar-refractivity contribution < 1.29 is 24.3 Å². The van der Waals surface area contributed by atoms with Crippen LogP contribution in [-0.4, -0.2) is 48.3 Å². The van der Waals surface area contributed by atoms with Crippen LogP contribution in [0, 0.1) is 5.92 Å². The number of unbranched alkanes of at least 4 members (excludes halogenated alkanes) is 1. The molecule has 0 aliphatic carbocycles. The first-order chi connectivity index (χ1) is 12.0. The number of methoxy groups -OCH3 is 1. The number of carbonyl (C=O) groups is 3. The van der Waals surface area contributed by atoms with Crippen molar-refractivity contribution >= 4 is 18.3 Å². The average molecular weight is 350 g/mol. The fourth-order valence-corrected chi connectivity index (χ4v) is 2.50. The Labute approximate surface area is 147 Å². The molecule has 0 heterocycles. The summed E-state index contributed by atoms with van der Waals surface area (Å²) >= 11 is 0. The van der Waals surface area contributed by atoms with Gasteiger partial charge in [0.1, 0.15) is 6.04 Å². The fraction of sp³-hybridized carbons (Fsp3) is 0.500. The largest absolute Gasteiger partial charge is 0.467 e. The summed E-state index contributed by atoms with van der Waals surface area (Å²) < 4.78 is 4.78. The molecule has 0 spiro atoms. The predicted octanol–water partition coefficient (Wildman–Crippen LogP) is 1.54. The molecule has 2 unspecified atom stereocenters. The number of benzene rings is 1. The van der Waals surface area contributed by atoms with Crippen molar-refractivity contribution in [1.82, 2.24) is 10.4 Å². The highest BCUT2D eigenvalue weighted by Gasteiger charge is 2.27. The van der Waals surface area contributed by atoms with E-state index in [0.29, 0.717) is 17.9 Å². The summed E-state index contributed by atoms with van der Waals surface area (Å²) in [5.41, 5.74) is 0.889. The quantitative estimate of drug-likeness (QED) is 0.273. The molecule has 7 nitrogen and oxygen atoms in total. The van der Waals surface area contributed by atoms with E-state index in [1.807, 2.05) is 37.3 Å². The first-order valence-electron chi connectivity index (χ1n) is 8.34. The number of nitrogens with zero attached hydrogens (tertiary/aromatic N) is 1. The van der Waals surface area contributed by atoms with Gasteiger partial charge in [-0.1, -0.05) is 50.1 Å². The zero-order valence-corrected chi connectivity index (χ0v) is 14.7. The van der Waals surface area contributed by atoms with Crippen LogP contribution in [0.4, 0.5) is 0 Å². The lowest BCUT2D eigenvalue weighted by Crippen LogP contribution is -2.47. The highest BCUT2D eigenvalue weighted by atomic mass is 16.5. The Hall–Kier alpha value is -2.41. The first-order valence-corrected chi connectivity index (χ1v) is 8.34. The molecule has 2 atom stereocenters. The maximum absolute atomic E-state index is 12.5. The van der Waals surface area contributed by atoms with Gasteiger partial charge in [-0.15, -0.1) is 0 Å². The zero-order chi connectivity index (χ0) is 18.7. The number of esters is 1. The van der Waals surface area contributed by atoms with Crippen molar-refractivity contribution in [3.63, 3.8) is 0 Å². The van der Waals surface area contributed by atoms with Crippen LogP contribution in [0.15, 0.2) is 30.3 Å². The SMILES string of the molecule is CCCCC(CN(O)C=O)C(=O)NC(Cc1ccccc1)C(=O)OC. The molecule has 138 valence electrons. The smallest absolute Gasteiger partial charge is 0.328 e. The second-order valence-corrected chi connectivity index (χ2v) is 5.84. The summed E-state index contributed by atoms with van der Waals surface area (Å²) in [6.45, 7) is 1.87. The third kappa shape index (κ3) is 7.34. The number of ether oxygens (including phenoxy) is 1. The van der Waals surface area contributed by atoms with Gasteiger partial charge in [0, 0.05) is 6.42 Å². The van der Waals surface area contributed by atoms with Crippen molar-refractivity contribution in [3.05, 3.63) is 35.9 Å². The summed E-state index contributed by atoms with van der Waals surface area (Å²) in [6.07, 6.45) is 2.71. The van der Waals surface area contributed by atoms with Gasteiger partial charge in [-0.2, -0.15) is 0 Å². The van der Waals surface area contributed by atoms with E-state index in [9.17, 15) is 19.6 Å². The monoisotopic (exact) mass is 350 g/mol. The molecule has 1 aromatic rings. The van der Waals surface area contributed by atoms with Gasteiger partial charge in [0.25, 0.3) is 0 Å². The molecule has 0 aliphatic heterocycles. The van der Waals surface area contributed by atoms with Crippen molar-refractivity contribution in [1.29, 1.82) is 0 Å². The number of hydrogen-bond acceptors (Lipinski definition) is 5. The second kappa shape index (κ2) is 11.2. The lowest BCUT2D eigenvalue weighted by atomic mass is 9.99. The minimum atomic E-state index is -0.826. The summed E-state index contributed by atoms with van der Waals surface area (Å²) in [5.74, 6) is -1.53. The molecule has 0 aliphatic rings. The molecular weight excluding hydrogens is 324 g/mol. The van der Waals surface area contributed by atoms with Crippen molar-refractivity contribution in [2.45, 2.75) is 38.6 Å². The van der Waals surface area contributed by atoms with Gasteiger partial charge in [-0.25, -0.2) is 9.86 Å². The predicted molar refractivity (Wildman–Crippen MR) is 91.7 cm³/mol. The van der Waals surface area contributed by atoms with E-state index < -0.39 is 17.9 Å².